The van der Waals surface area contributed by atoms with E-state index in [-0.39, 0.29) is 0 Å². The molecule has 1 nitrogen and oxygen atoms in total. The second-order valence-corrected chi connectivity index (χ2v) is 6.01. The van der Waals surface area contributed by atoms with Crippen LogP contribution in [0.1, 0.15) is 20.3 Å². The summed E-state index contributed by atoms with van der Waals surface area (Å²) in [4.78, 5) is 0. The molecule has 0 aromatic carbocycles. The van der Waals surface area contributed by atoms with Crippen molar-refractivity contribution >= 4 is 21.6 Å². The van der Waals surface area contributed by atoms with Gasteiger partial charge in [0.2, 0.25) is 0 Å². The Morgan fingerprint density at radius 1 is 1.46 bits per heavy atom. The van der Waals surface area contributed by atoms with Crippen LogP contribution in [0.15, 0.2) is 0 Å². The molecule has 1 aliphatic rings. The van der Waals surface area contributed by atoms with Crippen molar-refractivity contribution in [2.24, 2.45) is 5.92 Å². The molecule has 0 amide bonds. The first kappa shape index (κ1) is 11.3. The lowest BCUT2D eigenvalue weighted by Crippen LogP contribution is -2.32. The summed E-state index contributed by atoms with van der Waals surface area (Å²) in [5.41, 5.74) is 0. The van der Waals surface area contributed by atoms with E-state index in [0.29, 0.717) is 18.1 Å². The van der Waals surface area contributed by atoms with Crippen LogP contribution in [-0.4, -0.2) is 23.7 Å². The van der Waals surface area contributed by atoms with Crippen LogP contribution in [0, 0.1) is 18.3 Å². The zero-order chi connectivity index (χ0) is 9.68. The fourth-order valence-electron chi connectivity index (χ4n) is 1.34. The Morgan fingerprint density at radius 3 is 2.77 bits per heavy atom. The van der Waals surface area contributed by atoms with Gasteiger partial charge in [-0.05, 0) is 13.8 Å². The van der Waals surface area contributed by atoms with Crippen LogP contribution in [0.2, 0.25) is 0 Å². The predicted molar refractivity (Wildman–Crippen MR) is 61.9 cm³/mol. The number of hydrogen-bond acceptors (Lipinski definition) is 3. The lowest BCUT2D eigenvalue weighted by Gasteiger charge is -2.30. The average Bonchev–Trinajstić information content (AvgIpc) is 2.08. The Morgan fingerprint density at radius 2 is 2.15 bits per heavy atom. The number of hydrogen-bond donors (Lipinski definition) is 0. The van der Waals surface area contributed by atoms with Gasteiger partial charge in [-0.3, -0.25) is 0 Å². The SMILES string of the molecule is C#CCC1CSSCC1OC(C)C. The standard InChI is InChI=1S/C10H16OS2/c1-4-5-9-6-12-13-7-10(9)11-8(2)3/h1,8-10H,5-7H2,2-3H3. The molecule has 0 N–H and O–H groups in total. The van der Waals surface area contributed by atoms with Crippen LogP contribution in [-0.2, 0) is 4.74 Å². The zero-order valence-corrected chi connectivity index (χ0v) is 9.79. The molecular formula is C10H16OS2. The van der Waals surface area contributed by atoms with Gasteiger partial charge in [0.05, 0.1) is 12.2 Å². The molecule has 0 bridgehead atoms. The molecule has 1 rings (SSSR count). The zero-order valence-electron chi connectivity index (χ0n) is 8.16. The maximum absolute atomic E-state index is 5.83. The average molecular weight is 216 g/mol. The van der Waals surface area contributed by atoms with Gasteiger partial charge in [0.25, 0.3) is 0 Å². The summed E-state index contributed by atoms with van der Waals surface area (Å²) in [6.07, 6.45) is 6.86. The third-order valence-electron chi connectivity index (χ3n) is 1.95. The molecule has 1 heterocycles. The topological polar surface area (TPSA) is 9.23 Å². The van der Waals surface area contributed by atoms with Crippen LogP contribution in [0.3, 0.4) is 0 Å². The minimum atomic E-state index is 0.314. The number of terminal acetylenes is 1. The summed E-state index contributed by atoms with van der Waals surface area (Å²) in [5.74, 6) is 5.50. The van der Waals surface area contributed by atoms with Gasteiger partial charge >= 0.3 is 0 Å². The van der Waals surface area contributed by atoms with E-state index in [9.17, 15) is 0 Å². The monoisotopic (exact) mass is 216 g/mol. The van der Waals surface area contributed by atoms with Gasteiger partial charge in [-0.2, -0.15) is 0 Å². The minimum absolute atomic E-state index is 0.314. The molecule has 0 aromatic rings. The fourth-order valence-corrected chi connectivity index (χ4v) is 4.02. The van der Waals surface area contributed by atoms with Gasteiger partial charge in [0, 0.05) is 23.8 Å². The van der Waals surface area contributed by atoms with Crippen LogP contribution >= 0.6 is 21.6 Å². The first-order valence-electron chi connectivity index (χ1n) is 4.57. The molecule has 2 atom stereocenters. The third kappa shape index (κ3) is 3.84. The Balaban J connectivity index is 2.42. The first-order chi connectivity index (χ1) is 6.24. The van der Waals surface area contributed by atoms with Crippen molar-refractivity contribution in [2.75, 3.05) is 11.5 Å². The second-order valence-electron chi connectivity index (χ2n) is 3.46. The van der Waals surface area contributed by atoms with Crippen LogP contribution in [0.25, 0.3) is 0 Å². The minimum Gasteiger partial charge on any atom is -0.374 e. The van der Waals surface area contributed by atoms with Crippen molar-refractivity contribution in [3.8, 4) is 12.3 Å². The lowest BCUT2D eigenvalue weighted by atomic mass is 10.0. The Bertz CT molecular complexity index is 186. The third-order valence-corrected chi connectivity index (χ3v) is 4.46. The number of rotatable bonds is 3. The summed E-state index contributed by atoms with van der Waals surface area (Å²) in [6, 6.07) is 0. The fraction of sp³-hybridized carbons (Fsp3) is 0.800. The van der Waals surface area contributed by atoms with Crippen molar-refractivity contribution < 1.29 is 4.74 Å². The van der Waals surface area contributed by atoms with Crippen molar-refractivity contribution in [1.29, 1.82) is 0 Å². The maximum atomic E-state index is 5.83. The van der Waals surface area contributed by atoms with Gasteiger partial charge < -0.3 is 4.74 Å². The highest BCUT2D eigenvalue weighted by atomic mass is 33.1. The normalized spacial score (nSPS) is 28.8. The quantitative estimate of drug-likeness (QED) is 0.530. The first-order valence-corrected chi connectivity index (χ1v) is 7.06. The lowest BCUT2D eigenvalue weighted by molar-refractivity contribution is -0.00578. The Labute approximate surface area is 88.8 Å². The summed E-state index contributed by atoms with van der Waals surface area (Å²) in [7, 11) is 3.81. The molecule has 0 aromatic heterocycles. The highest BCUT2D eigenvalue weighted by Gasteiger charge is 2.26. The van der Waals surface area contributed by atoms with E-state index in [1.54, 1.807) is 0 Å². The largest absolute Gasteiger partial charge is 0.374 e. The van der Waals surface area contributed by atoms with E-state index in [0.717, 1.165) is 17.9 Å². The summed E-state index contributed by atoms with van der Waals surface area (Å²) in [6.45, 7) is 4.17. The molecule has 1 fully saturated rings. The van der Waals surface area contributed by atoms with Gasteiger partial charge in [-0.1, -0.05) is 21.6 Å². The molecule has 0 aliphatic carbocycles. The van der Waals surface area contributed by atoms with Gasteiger partial charge in [-0.15, -0.1) is 12.3 Å². The molecule has 0 spiro atoms. The van der Waals surface area contributed by atoms with Gasteiger partial charge in [0.1, 0.15) is 0 Å². The molecule has 74 valence electrons. The molecular weight excluding hydrogens is 200 g/mol. The summed E-state index contributed by atoms with van der Waals surface area (Å²) >= 11 is 0. The molecule has 3 heteroatoms. The van der Waals surface area contributed by atoms with E-state index in [2.05, 4.69) is 19.8 Å². The molecule has 1 aliphatic heterocycles. The predicted octanol–water partition coefficient (Wildman–Crippen LogP) is 2.81. The highest BCUT2D eigenvalue weighted by molar-refractivity contribution is 8.76. The summed E-state index contributed by atoms with van der Waals surface area (Å²) < 4.78 is 5.83. The molecule has 0 radical (unpaired) electrons. The highest BCUT2D eigenvalue weighted by Crippen LogP contribution is 2.36. The van der Waals surface area contributed by atoms with Gasteiger partial charge in [-0.25, -0.2) is 0 Å². The molecule has 1 saturated heterocycles. The second kappa shape index (κ2) is 5.85. The summed E-state index contributed by atoms with van der Waals surface area (Å²) in [5, 5.41) is 0. The van der Waals surface area contributed by atoms with Crippen LogP contribution < -0.4 is 0 Å². The maximum Gasteiger partial charge on any atom is 0.0722 e. The Kier molecular flexibility index (Phi) is 5.08. The van der Waals surface area contributed by atoms with Crippen LogP contribution in [0.5, 0.6) is 0 Å². The van der Waals surface area contributed by atoms with Crippen molar-refractivity contribution in [2.45, 2.75) is 32.5 Å². The van der Waals surface area contributed by atoms with Crippen LogP contribution in [0.4, 0.5) is 0 Å². The van der Waals surface area contributed by atoms with E-state index >= 15 is 0 Å². The van der Waals surface area contributed by atoms with E-state index in [1.165, 1.54) is 0 Å². The van der Waals surface area contributed by atoms with E-state index in [1.807, 2.05) is 21.6 Å². The van der Waals surface area contributed by atoms with E-state index in [4.69, 9.17) is 11.2 Å². The molecule has 2 unspecified atom stereocenters. The smallest absolute Gasteiger partial charge is 0.0722 e. The van der Waals surface area contributed by atoms with E-state index < -0.39 is 0 Å². The van der Waals surface area contributed by atoms with Crippen molar-refractivity contribution in [3.63, 3.8) is 0 Å². The molecule has 13 heavy (non-hydrogen) atoms. The number of ether oxygens (including phenoxy) is 1. The van der Waals surface area contributed by atoms with Gasteiger partial charge in [0.15, 0.2) is 0 Å². The van der Waals surface area contributed by atoms with Crippen molar-refractivity contribution in [3.05, 3.63) is 0 Å². The van der Waals surface area contributed by atoms with Crippen molar-refractivity contribution in [1.82, 2.24) is 0 Å². The Hall–Kier alpha value is 0.220. The molecule has 0 saturated carbocycles.